The highest BCUT2D eigenvalue weighted by Gasteiger charge is 2.36. The average molecular weight is 500 g/mol. The molecule has 1 aromatic carbocycles. The largest absolute Gasteiger partial charge is 0.373 e. The number of nitrogens with zero attached hydrogens (tertiary/aromatic N) is 3. The quantitative estimate of drug-likeness (QED) is 0.630. The van der Waals surface area contributed by atoms with Gasteiger partial charge in [0, 0.05) is 39.3 Å². The summed E-state index contributed by atoms with van der Waals surface area (Å²) in [5, 5.41) is 3.61. The van der Waals surface area contributed by atoms with Crippen LogP contribution in [0.4, 0.5) is 5.69 Å². The van der Waals surface area contributed by atoms with E-state index in [-0.39, 0.29) is 24.7 Å². The van der Waals surface area contributed by atoms with Gasteiger partial charge in [0.25, 0.3) is 10.2 Å². The van der Waals surface area contributed by atoms with E-state index in [0.29, 0.717) is 60.0 Å². The van der Waals surface area contributed by atoms with Crippen molar-refractivity contribution in [2.45, 2.75) is 26.1 Å². The molecule has 168 valence electrons. The number of morpholine rings is 1. The Morgan fingerprint density at radius 2 is 1.57 bits per heavy atom. The van der Waals surface area contributed by atoms with Crippen molar-refractivity contribution in [2.24, 2.45) is 0 Å². The Hall–Kier alpha value is -0.650. The Kier molecular flexibility index (Phi) is 7.90. The van der Waals surface area contributed by atoms with Gasteiger partial charge in [0.05, 0.1) is 39.5 Å². The van der Waals surface area contributed by atoms with Crippen molar-refractivity contribution in [3.05, 3.63) is 27.2 Å². The van der Waals surface area contributed by atoms with Crippen molar-refractivity contribution in [2.75, 3.05) is 51.1 Å². The van der Waals surface area contributed by atoms with E-state index in [2.05, 4.69) is 5.32 Å². The molecular weight excluding hydrogens is 475 g/mol. The third-order valence-corrected chi connectivity index (χ3v) is 8.02. The minimum Gasteiger partial charge on any atom is -0.373 e. The van der Waals surface area contributed by atoms with Crippen LogP contribution in [-0.2, 0) is 19.7 Å². The summed E-state index contributed by atoms with van der Waals surface area (Å²) in [5.74, 6) is -0.262. The van der Waals surface area contributed by atoms with Gasteiger partial charge in [0.2, 0.25) is 5.91 Å². The van der Waals surface area contributed by atoms with E-state index in [9.17, 15) is 13.2 Å². The zero-order valence-corrected chi connectivity index (χ0v) is 19.9. The minimum absolute atomic E-state index is 0.121. The second-order valence-corrected chi connectivity index (χ2v) is 10.7. The van der Waals surface area contributed by atoms with Crippen LogP contribution in [0.3, 0.4) is 0 Å². The summed E-state index contributed by atoms with van der Waals surface area (Å²) in [7, 11) is -3.55. The third-order valence-electron chi connectivity index (χ3n) is 5.02. The maximum atomic E-state index is 13.0. The Labute approximate surface area is 192 Å². The highest BCUT2D eigenvalue weighted by atomic mass is 35.5. The first-order valence-electron chi connectivity index (χ1n) is 9.63. The molecule has 2 saturated heterocycles. The van der Waals surface area contributed by atoms with E-state index in [0.717, 1.165) is 0 Å². The van der Waals surface area contributed by atoms with Gasteiger partial charge in [0.15, 0.2) is 0 Å². The van der Waals surface area contributed by atoms with Gasteiger partial charge < -0.3 is 10.1 Å². The van der Waals surface area contributed by atoms with Crippen LogP contribution in [-0.4, -0.2) is 85.9 Å². The molecular formula is C18H25Cl3N4O4S. The van der Waals surface area contributed by atoms with Gasteiger partial charge in [-0.3, -0.25) is 9.69 Å². The SMILES string of the molecule is CC1CN(S(=O)(=O)N2CCN(CC(=O)Nc3cc(Cl)c(Cl)cc3Cl)CC2)CC(C)O1. The highest BCUT2D eigenvalue weighted by Crippen LogP contribution is 2.32. The Bertz CT molecular complexity index is 884. The number of halogens is 3. The molecule has 1 N–H and O–H groups in total. The molecule has 2 fully saturated rings. The maximum Gasteiger partial charge on any atom is 0.282 e. The Morgan fingerprint density at radius 1 is 1.00 bits per heavy atom. The van der Waals surface area contributed by atoms with E-state index in [1.54, 1.807) is 0 Å². The van der Waals surface area contributed by atoms with Gasteiger partial charge in [0.1, 0.15) is 0 Å². The molecule has 30 heavy (non-hydrogen) atoms. The van der Waals surface area contributed by atoms with Gasteiger partial charge in [-0.2, -0.15) is 17.0 Å². The molecule has 8 nitrogen and oxygen atoms in total. The monoisotopic (exact) mass is 498 g/mol. The number of anilines is 1. The van der Waals surface area contributed by atoms with Crippen molar-refractivity contribution in [1.29, 1.82) is 0 Å². The summed E-state index contributed by atoms with van der Waals surface area (Å²) in [5.41, 5.74) is 0.382. The minimum atomic E-state index is -3.55. The first kappa shape index (κ1) is 24.0. The number of ether oxygens (including phenoxy) is 1. The van der Waals surface area contributed by atoms with Crippen LogP contribution in [0.25, 0.3) is 0 Å². The summed E-state index contributed by atoms with van der Waals surface area (Å²) in [6.45, 7) is 6.11. The lowest BCUT2D eigenvalue weighted by molar-refractivity contribution is -0.117. The van der Waals surface area contributed by atoms with Gasteiger partial charge in [-0.15, -0.1) is 0 Å². The normalized spacial score (nSPS) is 24.7. The van der Waals surface area contributed by atoms with Crippen LogP contribution in [0.1, 0.15) is 13.8 Å². The van der Waals surface area contributed by atoms with Crippen LogP contribution in [0.15, 0.2) is 12.1 Å². The topological polar surface area (TPSA) is 82.2 Å². The third kappa shape index (κ3) is 5.77. The molecule has 1 amide bonds. The lowest BCUT2D eigenvalue weighted by Gasteiger charge is -2.40. The van der Waals surface area contributed by atoms with Gasteiger partial charge in [-0.05, 0) is 26.0 Å². The first-order chi connectivity index (χ1) is 14.1. The summed E-state index contributed by atoms with van der Waals surface area (Å²) >= 11 is 18.0. The van der Waals surface area contributed by atoms with Crippen LogP contribution in [0.2, 0.25) is 15.1 Å². The van der Waals surface area contributed by atoms with Crippen molar-refractivity contribution in [3.8, 4) is 0 Å². The van der Waals surface area contributed by atoms with Crippen molar-refractivity contribution < 1.29 is 17.9 Å². The number of carbonyl (C=O) groups excluding carboxylic acids is 1. The molecule has 2 unspecified atom stereocenters. The zero-order valence-electron chi connectivity index (χ0n) is 16.8. The molecule has 2 aliphatic rings. The Morgan fingerprint density at radius 3 is 2.17 bits per heavy atom. The fraction of sp³-hybridized carbons (Fsp3) is 0.611. The van der Waals surface area contributed by atoms with E-state index in [4.69, 9.17) is 39.5 Å². The predicted octanol–water partition coefficient (Wildman–Crippen LogP) is 2.56. The molecule has 0 radical (unpaired) electrons. The molecule has 2 aliphatic heterocycles. The second kappa shape index (κ2) is 9.87. The molecule has 0 saturated carbocycles. The lowest BCUT2D eigenvalue weighted by Crippen LogP contribution is -2.57. The van der Waals surface area contributed by atoms with E-state index in [1.807, 2.05) is 18.7 Å². The highest BCUT2D eigenvalue weighted by molar-refractivity contribution is 7.86. The second-order valence-electron chi connectivity index (χ2n) is 7.55. The maximum absolute atomic E-state index is 13.0. The molecule has 2 heterocycles. The van der Waals surface area contributed by atoms with E-state index >= 15 is 0 Å². The molecule has 3 rings (SSSR count). The van der Waals surface area contributed by atoms with Crippen molar-refractivity contribution in [3.63, 3.8) is 0 Å². The van der Waals surface area contributed by atoms with Gasteiger partial charge in [-0.25, -0.2) is 0 Å². The van der Waals surface area contributed by atoms with Crippen molar-refractivity contribution in [1.82, 2.24) is 13.5 Å². The Balaban J connectivity index is 1.53. The smallest absolute Gasteiger partial charge is 0.282 e. The van der Waals surface area contributed by atoms with Gasteiger partial charge in [-0.1, -0.05) is 34.8 Å². The molecule has 0 spiro atoms. The molecule has 0 bridgehead atoms. The van der Waals surface area contributed by atoms with Crippen LogP contribution >= 0.6 is 34.8 Å². The summed E-state index contributed by atoms with van der Waals surface area (Å²) in [4.78, 5) is 14.3. The van der Waals surface area contributed by atoms with Crippen molar-refractivity contribution >= 4 is 56.6 Å². The number of hydrogen-bond donors (Lipinski definition) is 1. The fourth-order valence-corrected chi connectivity index (χ4v) is 5.95. The number of hydrogen-bond acceptors (Lipinski definition) is 5. The van der Waals surface area contributed by atoms with Crippen LogP contribution < -0.4 is 5.32 Å². The fourth-order valence-electron chi connectivity index (χ4n) is 3.61. The molecule has 12 heteroatoms. The standard InChI is InChI=1S/C18H25Cl3N4O4S/c1-12-9-25(10-13(2)29-12)30(27,28)24-5-3-23(4-6-24)11-18(26)22-17-8-15(20)14(19)7-16(17)21/h7-8,12-13H,3-6,9-11H2,1-2H3,(H,22,26). The van der Waals surface area contributed by atoms with Gasteiger partial charge >= 0.3 is 0 Å². The van der Waals surface area contributed by atoms with E-state index in [1.165, 1.54) is 20.7 Å². The average Bonchev–Trinajstić information content (AvgIpc) is 2.65. The van der Waals surface area contributed by atoms with E-state index < -0.39 is 10.2 Å². The zero-order chi connectivity index (χ0) is 22.1. The summed E-state index contributed by atoms with van der Waals surface area (Å²) < 4.78 is 34.5. The number of amides is 1. The first-order valence-corrected chi connectivity index (χ1v) is 12.2. The lowest BCUT2D eigenvalue weighted by atomic mass is 10.3. The molecule has 2 atom stereocenters. The molecule has 1 aromatic rings. The predicted molar refractivity (Wildman–Crippen MR) is 119 cm³/mol. The number of piperazine rings is 1. The van der Waals surface area contributed by atoms with Crippen LogP contribution in [0, 0.1) is 0 Å². The summed E-state index contributed by atoms with van der Waals surface area (Å²) in [6.07, 6.45) is -0.275. The number of rotatable bonds is 5. The number of benzene rings is 1. The number of nitrogens with one attached hydrogen (secondary N) is 1. The summed E-state index contributed by atoms with van der Waals surface area (Å²) in [6, 6.07) is 2.97. The van der Waals surface area contributed by atoms with Crippen LogP contribution in [0.5, 0.6) is 0 Å². The molecule has 0 aliphatic carbocycles. The molecule has 0 aromatic heterocycles. The number of carbonyl (C=O) groups is 1.